The first-order valence-electron chi connectivity index (χ1n) is 17.4. The van der Waals surface area contributed by atoms with Gasteiger partial charge in [-0.2, -0.15) is 13.2 Å². The molecule has 0 saturated heterocycles. The summed E-state index contributed by atoms with van der Waals surface area (Å²) in [5.41, 5.74) is 1.71. The first kappa shape index (κ1) is 37.1. The van der Waals surface area contributed by atoms with Gasteiger partial charge in [0.25, 0.3) is 0 Å². The van der Waals surface area contributed by atoms with Gasteiger partial charge >= 0.3 is 6.18 Å². The van der Waals surface area contributed by atoms with Crippen molar-refractivity contribution >= 4 is 11.0 Å². The zero-order chi connectivity index (χ0) is 34.5. The second kappa shape index (κ2) is 18.1. The van der Waals surface area contributed by atoms with Crippen LogP contribution in [0, 0.1) is 0 Å². The zero-order valence-electron chi connectivity index (χ0n) is 29.1. The molecule has 1 aromatic heterocycles. The number of aromatic nitrogens is 2. The Bertz CT molecular complexity index is 1560. The van der Waals surface area contributed by atoms with Crippen molar-refractivity contribution < 1.29 is 27.4 Å². The fourth-order valence-electron chi connectivity index (χ4n) is 5.72. The van der Waals surface area contributed by atoms with Crippen molar-refractivity contribution in [2.75, 3.05) is 52.5 Å². The third kappa shape index (κ3) is 10.1. The standard InChI is InChI=1S/C38H51F3N4O3/c1-6-11-22-45-34-27-33(46-23-14-20-43(7-2)8-3)28-35(47-24-15-21-44(9-4)10-5)36(34)42-37(45)29-16-12-18-31(25-29)48-32-19-13-17-30(26-32)38(39,40)41/h12-13,16-19,25-28H,6-11,14-15,20-24H2,1-5H3. The summed E-state index contributed by atoms with van der Waals surface area (Å²) in [6, 6.07) is 16.2. The van der Waals surface area contributed by atoms with Crippen LogP contribution in [0.1, 0.15) is 65.9 Å². The molecule has 1 heterocycles. The summed E-state index contributed by atoms with van der Waals surface area (Å²) in [7, 11) is 0. The number of unbranched alkanes of at least 4 members (excludes halogenated alkanes) is 1. The van der Waals surface area contributed by atoms with E-state index in [0.717, 1.165) is 112 Å². The summed E-state index contributed by atoms with van der Waals surface area (Å²) in [5.74, 6) is 2.69. The van der Waals surface area contributed by atoms with E-state index < -0.39 is 11.7 Å². The Labute approximate surface area is 283 Å². The molecule has 0 N–H and O–H groups in total. The van der Waals surface area contributed by atoms with Crippen LogP contribution in [0.15, 0.2) is 60.7 Å². The molecule has 0 aliphatic carbocycles. The number of hydrogen-bond acceptors (Lipinski definition) is 6. The van der Waals surface area contributed by atoms with Gasteiger partial charge in [-0.05, 0) is 75.8 Å². The number of ether oxygens (including phenoxy) is 3. The van der Waals surface area contributed by atoms with E-state index in [4.69, 9.17) is 19.2 Å². The van der Waals surface area contributed by atoms with E-state index in [2.05, 4.69) is 49.0 Å². The molecule has 0 bridgehead atoms. The Hall–Kier alpha value is -3.76. The molecule has 0 unspecified atom stereocenters. The summed E-state index contributed by atoms with van der Waals surface area (Å²) in [5, 5.41) is 0. The van der Waals surface area contributed by atoms with E-state index in [0.29, 0.717) is 24.7 Å². The predicted octanol–water partition coefficient (Wildman–Crippen LogP) is 9.54. The molecule has 10 heteroatoms. The highest BCUT2D eigenvalue weighted by Gasteiger charge is 2.30. The maximum absolute atomic E-state index is 13.3. The quantitative estimate of drug-likeness (QED) is 0.0875. The Balaban J connectivity index is 1.68. The highest BCUT2D eigenvalue weighted by molar-refractivity contribution is 5.87. The van der Waals surface area contributed by atoms with Gasteiger partial charge in [-0.15, -0.1) is 0 Å². The molecule has 0 radical (unpaired) electrons. The molecular formula is C38H51F3N4O3. The average molecular weight is 669 g/mol. The highest BCUT2D eigenvalue weighted by Crippen LogP contribution is 2.37. The molecule has 0 amide bonds. The van der Waals surface area contributed by atoms with Crippen molar-refractivity contribution in [3.8, 4) is 34.4 Å². The van der Waals surface area contributed by atoms with Crippen LogP contribution in [0.3, 0.4) is 0 Å². The predicted molar refractivity (Wildman–Crippen MR) is 187 cm³/mol. The molecule has 4 rings (SSSR count). The fourth-order valence-corrected chi connectivity index (χ4v) is 5.72. The van der Waals surface area contributed by atoms with Crippen LogP contribution >= 0.6 is 0 Å². The van der Waals surface area contributed by atoms with Crippen LogP contribution < -0.4 is 14.2 Å². The summed E-state index contributed by atoms with van der Waals surface area (Å²) in [4.78, 5) is 9.88. The fraction of sp³-hybridized carbons (Fsp3) is 0.500. The maximum atomic E-state index is 13.3. The minimum Gasteiger partial charge on any atom is -0.493 e. The van der Waals surface area contributed by atoms with Crippen LogP contribution in [-0.2, 0) is 12.7 Å². The number of aryl methyl sites for hydroxylation is 1. The number of alkyl halides is 3. The van der Waals surface area contributed by atoms with Gasteiger partial charge in [-0.1, -0.05) is 59.2 Å². The third-order valence-electron chi connectivity index (χ3n) is 8.57. The van der Waals surface area contributed by atoms with Crippen molar-refractivity contribution in [3.63, 3.8) is 0 Å². The number of fused-ring (bicyclic) bond motifs is 1. The van der Waals surface area contributed by atoms with Crippen molar-refractivity contribution in [2.45, 2.75) is 73.0 Å². The molecule has 0 saturated carbocycles. The van der Waals surface area contributed by atoms with Gasteiger partial charge in [0, 0.05) is 37.3 Å². The third-order valence-corrected chi connectivity index (χ3v) is 8.57. The number of hydrogen-bond donors (Lipinski definition) is 0. The van der Waals surface area contributed by atoms with Crippen molar-refractivity contribution in [1.29, 1.82) is 0 Å². The molecule has 0 spiro atoms. The van der Waals surface area contributed by atoms with E-state index in [1.807, 2.05) is 30.3 Å². The molecule has 4 aromatic rings. The van der Waals surface area contributed by atoms with Gasteiger partial charge in [-0.25, -0.2) is 4.98 Å². The molecule has 3 aromatic carbocycles. The van der Waals surface area contributed by atoms with Crippen LogP contribution in [0.25, 0.3) is 22.4 Å². The summed E-state index contributed by atoms with van der Waals surface area (Å²) in [6.45, 7) is 18.6. The normalized spacial score (nSPS) is 12.0. The van der Waals surface area contributed by atoms with Crippen LogP contribution in [0.4, 0.5) is 13.2 Å². The first-order chi connectivity index (χ1) is 23.2. The number of halogens is 3. The maximum Gasteiger partial charge on any atom is 0.416 e. The van der Waals surface area contributed by atoms with Crippen LogP contribution in [0.2, 0.25) is 0 Å². The second-order valence-electron chi connectivity index (χ2n) is 11.8. The van der Waals surface area contributed by atoms with E-state index in [9.17, 15) is 13.2 Å². The SMILES string of the molecule is CCCCn1c(-c2cccc(Oc3cccc(C(F)(F)F)c3)c2)nc2c(OCCCN(CC)CC)cc(OCCCN(CC)CC)cc21. The van der Waals surface area contributed by atoms with E-state index in [-0.39, 0.29) is 5.75 Å². The van der Waals surface area contributed by atoms with Gasteiger partial charge in [0.2, 0.25) is 0 Å². The number of benzene rings is 3. The lowest BCUT2D eigenvalue weighted by atomic mass is 10.2. The lowest BCUT2D eigenvalue weighted by molar-refractivity contribution is -0.137. The Morgan fingerprint density at radius 2 is 1.33 bits per heavy atom. The monoisotopic (exact) mass is 668 g/mol. The summed E-state index contributed by atoms with van der Waals surface area (Å²) in [6.07, 6.45) is -0.721. The molecule has 0 atom stereocenters. The molecular weight excluding hydrogens is 617 g/mol. The first-order valence-corrected chi connectivity index (χ1v) is 17.4. The zero-order valence-corrected chi connectivity index (χ0v) is 29.1. The van der Waals surface area contributed by atoms with Crippen molar-refractivity contribution in [3.05, 3.63) is 66.2 Å². The van der Waals surface area contributed by atoms with Gasteiger partial charge in [0.15, 0.2) is 5.75 Å². The summed E-state index contributed by atoms with van der Waals surface area (Å²) >= 11 is 0. The van der Waals surface area contributed by atoms with Crippen molar-refractivity contribution in [2.24, 2.45) is 0 Å². The van der Waals surface area contributed by atoms with Crippen LogP contribution in [-0.4, -0.2) is 71.8 Å². The lowest BCUT2D eigenvalue weighted by Gasteiger charge is -2.18. The number of imidazole rings is 1. The molecule has 0 aliphatic rings. The topological polar surface area (TPSA) is 52.0 Å². The summed E-state index contributed by atoms with van der Waals surface area (Å²) < 4.78 is 60.8. The Morgan fingerprint density at radius 1 is 0.708 bits per heavy atom. The second-order valence-corrected chi connectivity index (χ2v) is 11.8. The van der Waals surface area contributed by atoms with Crippen molar-refractivity contribution in [1.82, 2.24) is 19.4 Å². The average Bonchev–Trinajstić information content (AvgIpc) is 3.45. The molecule has 48 heavy (non-hydrogen) atoms. The largest absolute Gasteiger partial charge is 0.493 e. The molecule has 7 nitrogen and oxygen atoms in total. The molecule has 262 valence electrons. The van der Waals surface area contributed by atoms with E-state index in [1.165, 1.54) is 12.1 Å². The van der Waals surface area contributed by atoms with Crippen LogP contribution in [0.5, 0.6) is 23.0 Å². The highest BCUT2D eigenvalue weighted by atomic mass is 19.4. The van der Waals surface area contributed by atoms with Gasteiger partial charge in [-0.3, -0.25) is 0 Å². The minimum atomic E-state index is -4.45. The van der Waals surface area contributed by atoms with Gasteiger partial charge < -0.3 is 28.6 Å². The van der Waals surface area contributed by atoms with Gasteiger partial charge in [0.05, 0.1) is 24.3 Å². The van der Waals surface area contributed by atoms with Gasteiger partial charge in [0.1, 0.15) is 28.6 Å². The Morgan fingerprint density at radius 3 is 1.96 bits per heavy atom. The molecule has 0 fully saturated rings. The van der Waals surface area contributed by atoms with E-state index in [1.54, 1.807) is 6.07 Å². The number of rotatable bonds is 20. The van der Waals surface area contributed by atoms with E-state index >= 15 is 0 Å². The molecule has 0 aliphatic heterocycles. The smallest absolute Gasteiger partial charge is 0.416 e. The lowest BCUT2D eigenvalue weighted by Crippen LogP contribution is -2.25. The minimum absolute atomic E-state index is 0.115. The Kier molecular flexibility index (Phi) is 14.0. The number of nitrogens with zero attached hydrogens (tertiary/aromatic N) is 4.